The maximum Gasteiger partial charge on any atom is 0.336 e. The number of amidine groups is 1. The molecular weight excluding hydrogens is 375 g/mol. The molecule has 2 N–H and O–H groups in total. The van der Waals surface area contributed by atoms with E-state index in [1.807, 2.05) is 25.1 Å². The number of thioether (sulfide) groups is 1. The molecule has 0 bridgehead atoms. The molecule has 134 valence electrons. The van der Waals surface area contributed by atoms with Crippen LogP contribution < -0.4 is 11.4 Å². The normalized spacial score (nSPS) is 11.9. The van der Waals surface area contributed by atoms with Gasteiger partial charge in [0.1, 0.15) is 11.4 Å². The first-order chi connectivity index (χ1) is 12.5. The van der Waals surface area contributed by atoms with Crippen molar-refractivity contribution in [2.24, 2.45) is 10.7 Å². The Morgan fingerprint density at radius 3 is 2.81 bits per heavy atom. The number of aryl methyl sites for hydroxylation is 1. The summed E-state index contributed by atoms with van der Waals surface area (Å²) in [5, 5.41) is 1.15. The van der Waals surface area contributed by atoms with E-state index in [-0.39, 0.29) is 5.02 Å². The van der Waals surface area contributed by atoms with Crippen LogP contribution in [0.4, 0.5) is 10.1 Å². The van der Waals surface area contributed by atoms with Gasteiger partial charge in [-0.05, 0) is 41.8 Å². The standard InChI is InChI=1S/C19H16ClFN2O2S/c1-2-11-3-5-14-12(8-18(24)25-17(14)7-11)10-26-19(22)23-13-4-6-16(21)15(20)9-13/h3-9H,2,10H2,1H3,(H2,22,23). The van der Waals surface area contributed by atoms with Gasteiger partial charge in [-0.15, -0.1) is 0 Å². The van der Waals surface area contributed by atoms with Crippen molar-refractivity contribution >= 4 is 45.2 Å². The van der Waals surface area contributed by atoms with Gasteiger partial charge in [-0.25, -0.2) is 14.2 Å². The van der Waals surface area contributed by atoms with Crippen molar-refractivity contribution in [3.8, 4) is 0 Å². The van der Waals surface area contributed by atoms with Gasteiger partial charge in [0.05, 0.1) is 10.7 Å². The topological polar surface area (TPSA) is 68.6 Å². The lowest BCUT2D eigenvalue weighted by Gasteiger charge is -2.06. The van der Waals surface area contributed by atoms with Crippen LogP contribution >= 0.6 is 23.4 Å². The summed E-state index contributed by atoms with van der Waals surface area (Å²) in [4.78, 5) is 16.0. The second kappa shape index (κ2) is 7.93. The van der Waals surface area contributed by atoms with E-state index < -0.39 is 11.4 Å². The molecule has 1 aromatic heterocycles. The molecule has 0 aliphatic carbocycles. The molecular formula is C19H16ClFN2O2S. The Bertz CT molecular complexity index is 1050. The highest BCUT2D eigenvalue weighted by Crippen LogP contribution is 2.25. The van der Waals surface area contributed by atoms with Crippen molar-refractivity contribution in [1.82, 2.24) is 0 Å². The number of nitrogens with two attached hydrogens (primary N) is 1. The zero-order chi connectivity index (χ0) is 18.7. The SMILES string of the molecule is CCc1ccc2c(CSC(N)=Nc3ccc(F)c(Cl)c3)cc(=O)oc2c1. The minimum atomic E-state index is -0.509. The van der Waals surface area contributed by atoms with Gasteiger partial charge >= 0.3 is 5.63 Å². The largest absolute Gasteiger partial charge is 0.423 e. The predicted molar refractivity (Wildman–Crippen MR) is 106 cm³/mol. The molecule has 0 saturated heterocycles. The van der Waals surface area contributed by atoms with Gasteiger partial charge in [0.15, 0.2) is 5.17 Å². The Kier molecular flexibility index (Phi) is 5.64. The zero-order valence-corrected chi connectivity index (χ0v) is 15.5. The van der Waals surface area contributed by atoms with Crippen molar-refractivity contribution in [2.75, 3.05) is 0 Å². The van der Waals surface area contributed by atoms with Gasteiger partial charge in [-0.2, -0.15) is 0 Å². The minimum absolute atomic E-state index is 0.0116. The molecule has 2 aromatic carbocycles. The molecule has 0 aliphatic rings. The summed E-state index contributed by atoms with van der Waals surface area (Å²) >= 11 is 7.02. The van der Waals surface area contributed by atoms with Crippen molar-refractivity contribution in [1.29, 1.82) is 0 Å². The molecule has 26 heavy (non-hydrogen) atoms. The minimum Gasteiger partial charge on any atom is -0.423 e. The lowest BCUT2D eigenvalue weighted by Crippen LogP contribution is -2.07. The van der Waals surface area contributed by atoms with Crippen LogP contribution in [-0.4, -0.2) is 5.17 Å². The summed E-state index contributed by atoms with van der Waals surface area (Å²) in [6, 6.07) is 11.4. The molecule has 4 nitrogen and oxygen atoms in total. The fourth-order valence-corrected chi connectivity index (χ4v) is 3.37. The number of aliphatic imine (C=N–C) groups is 1. The molecule has 0 atom stereocenters. The van der Waals surface area contributed by atoms with Gasteiger partial charge in [0.2, 0.25) is 0 Å². The van der Waals surface area contributed by atoms with Gasteiger partial charge in [0.25, 0.3) is 0 Å². The molecule has 1 heterocycles. The fraction of sp³-hybridized carbons (Fsp3) is 0.158. The van der Waals surface area contributed by atoms with Crippen LogP contribution in [0.15, 0.2) is 56.7 Å². The molecule has 0 aliphatic heterocycles. The van der Waals surface area contributed by atoms with E-state index in [1.165, 1.54) is 36.0 Å². The third kappa shape index (κ3) is 4.26. The van der Waals surface area contributed by atoms with E-state index >= 15 is 0 Å². The first-order valence-corrected chi connectivity index (χ1v) is 9.30. The maximum atomic E-state index is 13.2. The molecule has 0 spiro atoms. The summed E-state index contributed by atoms with van der Waals surface area (Å²) in [5.41, 5.74) is 8.49. The van der Waals surface area contributed by atoms with Crippen molar-refractivity contribution in [3.05, 3.63) is 74.9 Å². The molecule has 3 rings (SSSR count). The molecule has 0 unspecified atom stereocenters. The summed E-state index contributed by atoms with van der Waals surface area (Å²) in [5.74, 6) is -0.0524. The van der Waals surface area contributed by atoms with Crippen LogP contribution in [0.1, 0.15) is 18.1 Å². The number of hydrogen-bond acceptors (Lipinski definition) is 4. The molecule has 7 heteroatoms. The quantitative estimate of drug-likeness (QED) is 0.385. The van der Waals surface area contributed by atoms with Crippen LogP contribution in [0.5, 0.6) is 0 Å². The number of nitrogens with zero attached hydrogens (tertiary/aromatic N) is 1. The predicted octanol–water partition coefficient (Wildman–Crippen LogP) is 5.03. The lowest BCUT2D eigenvalue weighted by atomic mass is 10.1. The van der Waals surface area contributed by atoms with E-state index in [0.717, 1.165) is 22.9 Å². The molecule has 0 radical (unpaired) electrons. The van der Waals surface area contributed by atoms with Crippen molar-refractivity contribution in [3.63, 3.8) is 0 Å². The Labute approximate surface area is 158 Å². The fourth-order valence-electron chi connectivity index (χ4n) is 2.48. The number of halogens is 2. The monoisotopic (exact) mass is 390 g/mol. The van der Waals surface area contributed by atoms with Crippen LogP contribution in [0.2, 0.25) is 5.02 Å². The lowest BCUT2D eigenvalue weighted by molar-refractivity contribution is 0.559. The number of benzene rings is 2. The van der Waals surface area contributed by atoms with Crippen LogP contribution in [0.25, 0.3) is 11.0 Å². The first kappa shape index (κ1) is 18.5. The first-order valence-electron chi connectivity index (χ1n) is 7.94. The maximum absolute atomic E-state index is 13.2. The highest BCUT2D eigenvalue weighted by atomic mass is 35.5. The Morgan fingerprint density at radius 1 is 1.27 bits per heavy atom. The Morgan fingerprint density at radius 2 is 2.08 bits per heavy atom. The summed E-state index contributed by atoms with van der Waals surface area (Å²) in [6.45, 7) is 2.04. The molecule has 0 amide bonds. The second-order valence-electron chi connectivity index (χ2n) is 5.61. The highest BCUT2D eigenvalue weighted by Gasteiger charge is 2.08. The van der Waals surface area contributed by atoms with Gasteiger partial charge < -0.3 is 10.2 Å². The summed E-state index contributed by atoms with van der Waals surface area (Å²) in [7, 11) is 0. The average molecular weight is 391 g/mol. The number of hydrogen-bond donors (Lipinski definition) is 1. The van der Waals surface area contributed by atoms with Crippen molar-refractivity contribution < 1.29 is 8.81 Å². The van der Waals surface area contributed by atoms with Gasteiger partial charge in [-0.1, -0.05) is 42.4 Å². The Hall–Kier alpha value is -2.31. The number of rotatable bonds is 4. The van der Waals surface area contributed by atoms with E-state index in [2.05, 4.69) is 4.99 Å². The highest BCUT2D eigenvalue weighted by molar-refractivity contribution is 8.13. The van der Waals surface area contributed by atoms with Crippen LogP contribution in [-0.2, 0) is 12.2 Å². The Balaban J connectivity index is 1.83. The molecule has 3 aromatic rings. The van der Waals surface area contributed by atoms with E-state index in [1.54, 1.807) is 0 Å². The molecule has 0 saturated carbocycles. The van der Waals surface area contributed by atoms with Crippen molar-refractivity contribution in [2.45, 2.75) is 19.1 Å². The van der Waals surface area contributed by atoms with E-state index in [9.17, 15) is 9.18 Å². The third-order valence-corrected chi connectivity index (χ3v) is 4.95. The average Bonchev–Trinajstić information content (AvgIpc) is 2.62. The molecule has 0 fully saturated rings. The third-order valence-electron chi connectivity index (χ3n) is 3.82. The number of fused-ring (bicyclic) bond motifs is 1. The van der Waals surface area contributed by atoms with Gasteiger partial charge in [0, 0.05) is 17.2 Å². The zero-order valence-electron chi connectivity index (χ0n) is 14.0. The van der Waals surface area contributed by atoms with E-state index in [0.29, 0.717) is 22.2 Å². The summed E-state index contributed by atoms with van der Waals surface area (Å²) in [6.07, 6.45) is 0.860. The van der Waals surface area contributed by atoms with Crippen LogP contribution in [0, 0.1) is 5.82 Å². The summed E-state index contributed by atoms with van der Waals surface area (Å²) < 4.78 is 18.5. The van der Waals surface area contributed by atoms with Crippen LogP contribution in [0.3, 0.4) is 0 Å². The smallest absolute Gasteiger partial charge is 0.336 e. The van der Waals surface area contributed by atoms with E-state index in [4.69, 9.17) is 21.8 Å². The second-order valence-corrected chi connectivity index (χ2v) is 7.01. The van der Waals surface area contributed by atoms with Gasteiger partial charge in [-0.3, -0.25) is 0 Å².